The molecule has 0 spiro atoms. The second-order valence-corrected chi connectivity index (χ2v) is 3.26. The van der Waals surface area contributed by atoms with Gasteiger partial charge in [-0.1, -0.05) is 12.2 Å². The summed E-state index contributed by atoms with van der Waals surface area (Å²) in [6, 6.07) is 0. The third kappa shape index (κ3) is 3.54. The average Bonchev–Trinajstić information content (AvgIpc) is 2.03. The number of nitrogens with two attached hydrogens (primary N) is 1. The summed E-state index contributed by atoms with van der Waals surface area (Å²) in [5.74, 6) is 0.668. The van der Waals surface area contributed by atoms with Crippen molar-refractivity contribution in [3.63, 3.8) is 0 Å². The van der Waals surface area contributed by atoms with Crippen LogP contribution in [0, 0.1) is 5.92 Å². The molecule has 0 amide bonds. The smallest absolute Gasteiger partial charge is 0.102 e. The van der Waals surface area contributed by atoms with E-state index >= 15 is 0 Å². The summed E-state index contributed by atoms with van der Waals surface area (Å²) in [7, 11) is 0. The van der Waals surface area contributed by atoms with Gasteiger partial charge in [0.25, 0.3) is 0 Å². The molecule has 0 radical (unpaired) electrons. The minimum Gasteiger partial charge on any atom is -0.379 e. The minimum atomic E-state index is -0.620. The molecule has 0 heterocycles. The van der Waals surface area contributed by atoms with Crippen LogP contribution in [0.1, 0.15) is 32.1 Å². The van der Waals surface area contributed by atoms with Gasteiger partial charge in [0.15, 0.2) is 0 Å². The van der Waals surface area contributed by atoms with Crippen molar-refractivity contribution in [2.75, 3.05) is 0 Å². The average molecular weight is 155 g/mol. The molecule has 0 aromatic heterocycles. The number of allylic oxidation sites excluding steroid dienone is 2. The Morgan fingerprint density at radius 3 is 3.00 bits per heavy atom. The molecule has 2 nitrogen and oxygen atoms in total. The van der Waals surface area contributed by atoms with Crippen LogP contribution >= 0.6 is 0 Å². The van der Waals surface area contributed by atoms with Crippen LogP contribution in [-0.2, 0) is 0 Å². The van der Waals surface area contributed by atoms with Crippen LogP contribution in [0.2, 0.25) is 0 Å². The van der Waals surface area contributed by atoms with E-state index in [1.165, 1.54) is 19.3 Å². The Morgan fingerprint density at radius 1 is 1.64 bits per heavy atom. The molecule has 0 bridgehead atoms. The van der Waals surface area contributed by atoms with Crippen LogP contribution in [0.3, 0.4) is 0 Å². The molecule has 0 aliphatic heterocycles. The molecule has 2 atom stereocenters. The maximum atomic E-state index is 8.84. The lowest BCUT2D eigenvalue weighted by Gasteiger charge is -2.16. The van der Waals surface area contributed by atoms with Crippen molar-refractivity contribution in [1.82, 2.24) is 0 Å². The summed E-state index contributed by atoms with van der Waals surface area (Å²) in [6.45, 7) is 0. The highest BCUT2D eigenvalue weighted by Crippen LogP contribution is 2.21. The molecule has 2 unspecified atom stereocenters. The summed E-state index contributed by atoms with van der Waals surface area (Å²) in [5.41, 5.74) is 5.24. The molecule has 0 saturated carbocycles. The van der Waals surface area contributed by atoms with Gasteiger partial charge in [-0.3, -0.25) is 0 Å². The zero-order chi connectivity index (χ0) is 8.10. The maximum Gasteiger partial charge on any atom is 0.102 e. The summed E-state index contributed by atoms with van der Waals surface area (Å²) in [6.07, 6.45) is 9.42. The van der Waals surface area contributed by atoms with Gasteiger partial charge in [-0.2, -0.15) is 0 Å². The van der Waals surface area contributed by atoms with Crippen molar-refractivity contribution in [1.29, 1.82) is 0 Å². The van der Waals surface area contributed by atoms with E-state index in [2.05, 4.69) is 12.2 Å². The van der Waals surface area contributed by atoms with Gasteiger partial charge in [0, 0.05) is 0 Å². The normalized spacial score (nSPS) is 26.9. The van der Waals surface area contributed by atoms with E-state index in [1.807, 2.05) is 0 Å². The van der Waals surface area contributed by atoms with Crippen LogP contribution in [0.15, 0.2) is 12.2 Å². The van der Waals surface area contributed by atoms with E-state index in [0.29, 0.717) is 5.92 Å². The molecule has 64 valence electrons. The van der Waals surface area contributed by atoms with E-state index in [1.54, 1.807) is 0 Å². The predicted octanol–water partition coefficient (Wildman–Crippen LogP) is 1.40. The SMILES string of the molecule is NC(O)CCC1C=CCCC1. The quantitative estimate of drug-likeness (QED) is 0.478. The highest BCUT2D eigenvalue weighted by Gasteiger charge is 2.08. The molecular weight excluding hydrogens is 138 g/mol. The van der Waals surface area contributed by atoms with Gasteiger partial charge in [-0.15, -0.1) is 0 Å². The number of aliphatic hydroxyl groups is 1. The first kappa shape index (κ1) is 8.75. The fourth-order valence-electron chi connectivity index (χ4n) is 1.51. The Hall–Kier alpha value is -0.340. The monoisotopic (exact) mass is 155 g/mol. The van der Waals surface area contributed by atoms with Gasteiger partial charge in [-0.05, 0) is 38.0 Å². The van der Waals surface area contributed by atoms with Crippen molar-refractivity contribution >= 4 is 0 Å². The van der Waals surface area contributed by atoms with Gasteiger partial charge in [0.05, 0.1) is 0 Å². The van der Waals surface area contributed by atoms with Crippen LogP contribution in [-0.4, -0.2) is 11.3 Å². The fourth-order valence-corrected chi connectivity index (χ4v) is 1.51. The van der Waals surface area contributed by atoms with E-state index in [0.717, 1.165) is 12.8 Å². The van der Waals surface area contributed by atoms with Crippen molar-refractivity contribution in [3.05, 3.63) is 12.2 Å². The molecule has 1 aliphatic carbocycles. The van der Waals surface area contributed by atoms with Crippen LogP contribution in [0.25, 0.3) is 0 Å². The Labute approximate surface area is 68.1 Å². The third-order valence-electron chi connectivity index (χ3n) is 2.19. The first-order valence-electron chi connectivity index (χ1n) is 4.39. The van der Waals surface area contributed by atoms with Gasteiger partial charge in [-0.25, -0.2) is 0 Å². The fraction of sp³-hybridized carbons (Fsp3) is 0.778. The lowest BCUT2D eigenvalue weighted by molar-refractivity contribution is 0.163. The lowest BCUT2D eigenvalue weighted by Crippen LogP contribution is -2.19. The number of hydrogen-bond acceptors (Lipinski definition) is 2. The highest BCUT2D eigenvalue weighted by molar-refractivity contribution is 4.92. The second kappa shape index (κ2) is 4.52. The van der Waals surface area contributed by atoms with Gasteiger partial charge in [0.1, 0.15) is 6.23 Å². The zero-order valence-corrected chi connectivity index (χ0v) is 6.87. The lowest BCUT2D eigenvalue weighted by atomic mass is 9.92. The van der Waals surface area contributed by atoms with Crippen LogP contribution in [0.4, 0.5) is 0 Å². The summed E-state index contributed by atoms with van der Waals surface area (Å²) in [4.78, 5) is 0. The first-order chi connectivity index (χ1) is 5.29. The van der Waals surface area contributed by atoms with Crippen LogP contribution in [0.5, 0.6) is 0 Å². The Kier molecular flexibility index (Phi) is 3.60. The summed E-state index contributed by atoms with van der Waals surface area (Å²) >= 11 is 0. The van der Waals surface area contributed by atoms with Gasteiger partial charge < -0.3 is 10.8 Å². The molecular formula is C9H17NO. The minimum absolute atomic E-state index is 0.620. The highest BCUT2D eigenvalue weighted by atomic mass is 16.3. The molecule has 1 rings (SSSR count). The van der Waals surface area contributed by atoms with E-state index in [-0.39, 0.29) is 0 Å². The van der Waals surface area contributed by atoms with E-state index in [9.17, 15) is 0 Å². The zero-order valence-electron chi connectivity index (χ0n) is 6.87. The topological polar surface area (TPSA) is 46.2 Å². The van der Waals surface area contributed by atoms with Crippen LogP contribution < -0.4 is 5.73 Å². The predicted molar refractivity (Wildman–Crippen MR) is 45.9 cm³/mol. The van der Waals surface area contributed by atoms with Gasteiger partial charge in [0.2, 0.25) is 0 Å². The number of rotatable bonds is 3. The van der Waals surface area contributed by atoms with Crippen molar-refractivity contribution in [2.24, 2.45) is 11.7 Å². The summed E-state index contributed by atoms with van der Waals surface area (Å²) < 4.78 is 0. The molecule has 3 N–H and O–H groups in total. The molecule has 0 fully saturated rings. The Balaban J connectivity index is 2.15. The first-order valence-corrected chi connectivity index (χ1v) is 4.39. The van der Waals surface area contributed by atoms with Gasteiger partial charge >= 0.3 is 0 Å². The molecule has 0 saturated heterocycles. The van der Waals surface area contributed by atoms with E-state index < -0.39 is 6.23 Å². The molecule has 11 heavy (non-hydrogen) atoms. The number of aliphatic hydroxyl groups excluding tert-OH is 1. The Bertz CT molecular complexity index is 132. The van der Waals surface area contributed by atoms with Crippen molar-refractivity contribution < 1.29 is 5.11 Å². The Morgan fingerprint density at radius 2 is 2.45 bits per heavy atom. The molecule has 0 aromatic rings. The molecule has 0 aromatic carbocycles. The summed E-state index contributed by atoms with van der Waals surface area (Å²) in [5, 5.41) is 8.84. The van der Waals surface area contributed by atoms with Crippen molar-refractivity contribution in [3.8, 4) is 0 Å². The standard InChI is InChI=1S/C9H17NO/c10-9(11)7-6-8-4-2-1-3-5-8/h2,4,8-9,11H,1,3,5-7,10H2. The second-order valence-electron chi connectivity index (χ2n) is 3.26. The number of hydrogen-bond donors (Lipinski definition) is 2. The molecule has 2 heteroatoms. The molecule has 1 aliphatic rings. The largest absolute Gasteiger partial charge is 0.379 e. The third-order valence-corrected chi connectivity index (χ3v) is 2.19. The van der Waals surface area contributed by atoms with Crippen molar-refractivity contribution in [2.45, 2.75) is 38.3 Å². The maximum absolute atomic E-state index is 8.84. The van der Waals surface area contributed by atoms with E-state index in [4.69, 9.17) is 10.8 Å².